The molecule has 0 bridgehead atoms. The van der Waals surface area contributed by atoms with Gasteiger partial charge in [-0.2, -0.15) is 0 Å². The molecule has 0 aliphatic heterocycles. The third kappa shape index (κ3) is 4.35. The van der Waals surface area contributed by atoms with Gasteiger partial charge in [0.1, 0.15) is 0 Å². The number of hydrogen-bond acceptors (Lipinski definition) is 5. The lowest BCUT2D eigenvalue weighted by Crippen LogP contribution is -2.25. The third-order valence-corrected chi connectivity index (χ3v) is 2.14. The second kappa shape index (κ2) is 7.68. The zero-order valence-electron chi connectivity index (χ0n) is 10.7. The normalized spacial score (nSPS) is 10.3. The minimum atomic E-state index is -1.20. The Balaban J connectivity index is 2.73. The molecule has 0 amide bonds. The average molecular weight is 252 g/mol. The largest absolute Gasteiger partial charge is 0.545 e. The summed E-state index contributed by atoms with van der Waals surface area (Å²) in [5.74, 6) is -1.20. The zero-order valence-corrected chi connectivity index (χ0v) is 10.7. The minimum absolute atomic E-state index is 0.129. The molecule has 5 nitrogen and oxygen atoms in total. The number of carbonyl (C=O) groups is 1. The molecule has 0 unspecified atom stereocenters. The van der Waals surface area contributed by atoms with E-state index < -0.39 is 5.97 Å². The molecule has 1 aromatic rings. The Hall–Kier alpha value is -1.59. The van der Waals surface area contributed by atoms with Crippen LogP contribution in [0.2, 0.25) is 0 Å². The van der Waals surface area contributed by atoms with Gasteiger partial charge in [0, 0.05) is 0 Å². The molecule has 100 valence electrons. The summed E-state index contributed by atoms with van der Waals surface area (Å²) in [4.78, 5) is 21.5. The van der Waals surface area contributed by atoms with Gasteiger partial charge in [0.2, 0.25) is 0 Å². The first-order valence-corrected chi connectivity index (χ1v) is 6.06. The zero-order chi connectivity index (χ0) is 13.4. The average Bonchev–Trinajstić information content (AvgIpc) is 2.39. The number of carboxylic acid groups (broad SMARTS) is 1. The van der Waals surface area contributed by atoms with Crippen LogP contribution in [0.4, 0.5) is 5.69 Å². The smallest absolute Gasteiger partial charge is 0.0947 e. The topological polar surface area (TPSA) is 61.8 Å². The summed E-state index contributed by atoms with van der Waals surface area (Å²) < 4.78 is 0. The molecule has 18 heavy (non-hydrogen) atoms. The fraction of sp³-hybridized carbons (Fsp3) is 0.462. The highest BCUT2D eigenvalue weighted by molar-refractivity contribution is 5.86. The van der Waals surface area contributed by atoms with Crippen molar-refractivity contribution in [3.8, 4) is 0 Å². The number of anilines is 1. The summed E-state index contributed by atoms with van der Waals surface area (Å²) in [6, 6.07) is 6.16. The Bertz CT molecular complexity index is 356. The van der Waals surface area contributed by atoms with Crippen molar-refractivity contribution in [2.75, 3.05) is 18.4 Å². The van der Waals surface area contributed by atoms with Crippen LogP contribution < -0.4 is 10.3 Å². The Morgan fingerprint density at radius 2 is 1.61 bits per heavy atom. The predicted molar refractivity (Wildman–Crippen MR) is 65.7 cm³/mol. The number of benzene rings is 1. The van der Waals surface area contributed by atoms with Crippen molar-refractivity contribution in [2.45, 2.75) is 26.7 Å². The molecular formula is C13H18NO4-. The van der Waals surface area contributed by atoms with E-state index in [1.807, 2.05) is 13.8 Å². The molecule has 0 aromatic heterocycles. The van der Waals surface area contributed by atoms with E-state index in [-0.39, 0.29) is 5.56 Å². The lowest BCUT2D eigenvalue weighted by atomic mass is 10.2. The maximum atomic E-state index is 10.6. The van der Waals surface area contributed by atoms with E-state index in [1.165, 1.54) is 17.4 Å². The van der Waals surface area contributed by atoms with Crippen LogP contribution in [-0.2, 0) is 9.68 Å². The molecule has 1 aromatic carbocycles. The van der Waals surface area contributed by atoms with Crippen LogP contribution in [0.15, 0.2) is 24.3 Å². The monoisotopic (exact) mass is 252 g/mol. The van der Waals surface area contributed by atoms with Gasteiger partial charge < -0.3 is 9.90 Å². The highest BCUT2D eigenvalue weighted by atomic mass is 16.9. The van der Waals surface area contributed by atoms with Crippen LogP contribution in [0.25, 0.3) is 0 Å². The summed E-state index contributed by atoms with van der Waals surface area (Å²) in [6.45, 7) is 5.06. The fourth-order valence-electron chi connectivity index (χ4n) is 1.25. The van der Waals surface area contributed by atoms with Crippen molar-refractivity contribution in [3.05, 3.63) is 29.8 Å². The van der Waals surface area contributed by atoms with E-state index in [0.717, 1.165) is 12.8 Å². The Labute approximate surface area is 107 Å². The predicted octanol–water partition coefficient (Wildman–Crippen LogP) is 1.54. The van der Waals surface area contributed by atoms with E-state index in [2.05, 4.69) is 0 Å². The summed E-state index contributed by atoms with van der Waals surface area (Å²) in [5.41, 5.74) is 0.784. The Kier molecular flexibility index (Phi) is 6.18. The molecule has 0 saturated heterocycles. The van der Waals surface area contributed by atoms with Gasteiger partial charge in [0.15, 0.2) is 0 Å². The molecule has 0 radical (unpaired) electrons. The summed E-state index contributed by atoms with van der Waals surface area (Å²) in [6.07, 6.45) is 1.73. The van der Waals surface area contributed by atoms with Gasteiger partial charge in [0.05, 0.1) is 24.9 Å². The lowest BCUT2D eigenvalue weighted by molar-refractivity contribution is -0.255. The number of hydrogen-bond donors (Lipinski definition) is 0. The van der Waals surface area contributed by atoms with E-state index in [1.54, 1.807) is 12.1 Å². The van der Waals surface area contributed by atoms with E-state index in [9.17, 15) is 9.90 Å². The van der Waals surface area contributed by atoms with Crippen molar-refractivity contribution in [1.82, 2.24) is 0 Å². The van der Waals surface area contributed by atoms with Gasteiger partial charge in [-0.15, -0.1) is 5.23 Å². The molecule has 0 heterocycles. The number of rotatable bonds is 8. The second-order valence-corrected chi connectivity index (χ2v) is 3.76. The maximum absolute atomic E-state index is 10.6. The maximum Gasteiger partial charge on any atom is 0.0947 e. The fourth-order valence-corrected chi connectivity index (χ4v) is 1.25. The number of carboxylic acids is 1. The van der Waals surface area contributed by atoms with Crippen LogP contribution in [-0.4, -0.2) is 19.2 Å². The quantitative estimate of drug-likeness (QED) is 0.657. The van der Waals surface area contributed by atoms with Crippen LogP contribution in [0.1, 0.15) is 37.0 Å². The Morgan fingerprint density at radius 3 is 2.00 bits per heavy atom. The molecule has 0 saturated carbocycles. The molecule has 0 fully saturated rings. The Morgan fingerprint density at radius 1 is 1.11 bits per heavy atom. The first-order chi connectivity index (χ1) is 8.69. The molecule has 0 aliphatic carbocycles. The molecule has 0 spiro atoms. The van der Waals surface area contributed by atoms with Crippen molar-refractivity contribution in [1.29, 1.82) is 0 Å². The van der Waals surface area contributed by atoms with Crippen LogP contribution in [0.3, 0.4) is 0 Å². The summed E-state index contributed by atoms with van der Waals surface area (Å²) in [5, 5.41) is 12.0. The van der Waals surface area contributed by atoms with Crippen molar-refractivity contribution >= 4 is 11.7 Å². The van der Waals surface area contributed by atoms with Gasteiger partial charge in [-0.05, 0) is 30.5 Å². The SMILES string of the molecule is CCCON(OCCC)c1ccc(C(=O)[O-])cc1. The van der Waals surface area contributed by atoms with Crippen LogP contribution >= 0.6 is 0 Å². The molecule has 0 atom stereocenters. The standard InChI is InChI=1S/C13H19NO4/c1-3-9-17-14(18-10-4-2)12-7-5-11(6-8-12)13(15)16/h5-8H,3-4,9-10H2,1-2H3,(H,15,16)/p-1. The van der Waals surface area contributed by atoms with E-state index in [0.29, 0.717) is 18.9 Å². The van der Waals surface area contributed by atoms with Gasteiger partial charge >= 0.3 is 0 Å². The third-order valence-electron chi connectivity index (χ3n) is 2.14. The van der Waals surface area contributed by atoms with Gasteiger partial charge in [0.25, 0.3) is 0 Å². The molecule has 0 aliphatic rings. The van der Waals surface area contributed by atoms with Crippen molar-refractivity contribution in [2.24, 2.45) is 0 Å². The van der Waals surface area contributed by atoms with Gasteiger partial charge in [-0.1, -0.05) is 26.0 Å². The van der Waals surface area contributed by atoms with E-state index >= 15 is 0 Å². The van der Waals surface area contributed by atoms with Crippen LogP contribution in [0, 0.1) is 0 Å². The number of nitrogens with zero attached hydrogens (tertiary/aromatic N) is 1. The number of aromatic carboxylic acids is 1. The van der Waals surface area contributed by atoms with Crippen molar-refractivity contribution in [3.63, 3.8) is 0 Å². The number of carbonyl (C=O) groups excluding carboxylic acids is 1. The lowest BCUT2D eigenvalue weighted by Gasteiger charge is -2.22. The first kappa shape index (κ1) is 14.5. The first-order valence-electron chi connectivity index (χ1n) is 6.06. The highest BCUT2D eigenvalue weighted by Crippen LogP contribution is 2.16. The van der Waals surface area contributed by atoms with Gasteiger partial charge in [-0.25, -0.2) is 9.68 Å². The molecule has 5 heteroatoms. The van der Waals surface area contributed by atoms with E-state index in [4.69, 9.17) is 9.68 Å². The molecule has 1 rings (SSSR count). The van der Waals surface area contributed by atoms with Crippen molar-refractivity contribution < 1.29 is 19.6 Å². The summed E-state index contributed by atoms with van der Waals surface area (Å²) >= 11 is 0. The molecule has 0 N–H and O–H groups in total. The van der Waals surface area contributed by atoms with Gasteiger partial charge in [-0.3, -0.25) is 0 Å². The summed E-state index contributed by atoms with van der Waals surface area (Å²) in [7, 11) is 0. The second-order valence-electron chi connectivity index (χ2n) is 3.76. The highest BCUT2D eigenvalue weighted by Gasteiger charge is 2.07. The van der Waals surface area contributed by atoms with Crippen LogP contribution in [0.5, 0.6) is 0 Å². The molecular weight excluding hydrogens is 234 g/mol. The minimum Gasteiger partial charge on any atom is -0.545 e.